The maximum absolute atomic E-state index is 13.0. The molecule has 0 unspecified atom stereocenters. The lowest BCUT2D eigenvalue weighted by Gasteiger charge is -2.34. The molecule has 32 heavy (non-hydrogen) atoms. The number of ether oxygens (including phenoxy) is 2. The number of phenols is 1. The van der Waals surface area contributed by atoms with Crippen molar-refractivity contribution in [2.24, 2.45) is 0 Å². The Bertz CT molecular complexity index is 978. The molecule has 170 valence electrons. The van der Waals surface area contributed by atoms with Crippen LogP contribution in [0.4, 0.5) is 0 Å². The number of carbonyl (C=O) groups is 2. The predicted molar refractivity (Wildman–Crippen MR) is 118 cm³/mol. The van der Waals surface area contributed by atoms with E-state index in [0.717, 1.165) is 22.4 Å². The second-order valence-corrected chi connectivity index (χ2v) is 8.33. The van der Waals surface area contributed by atoms with Crippen LogP contribution in [-0.4, -0.2) is 60.7 Å². The third-order valence-corrected chi connectivity index (χ3v) is 6.12. The van der Waals surface area contributed by atoms with E-state index in [4.69, 9.17) is 9.47 Å². The number of piperazine rings is 1. The van der Waals surface area contributed by atoms with Gasteiger partial charge >= 0.3 is 0 Å². The molecule has 2 aromatic carbocycles. The van der Waals surface area contributed by atoms with Crippen LogP contribution in [0.25, 0.3) is 0 Å². The van der Waals surface area contributed by atoms with Gasteiger partial charge in [-0.05, 0) is 41.8 Å². The highest BCUT2D eigenvalue weighted by atomic mass is 16.5. The van der Waals surface area contributed by atoms with Gasteiger partial charge < -0.3 is 30.1 Å². The van der Waals surface area contributed by atoms with Gasteiger partial charge in [-0.15, -0.1) is 0 Å². The lowest BCUT2D eigenvalue weighted by molar-refractivity contribution is -0.147. The number of rotatable bonds is 8. The summed E-state index contributed by atoms with van der Waals surface area (Å²) < 4.78 is 10.6. The largest absolute Gasteiger partial charge is 0.508 e. The Morgan fingerprint density at radius 3 is 2.59 bits per heavy atom. The number of methoxy groups -OCH3 is 2. The molecule has 4 rings (SSSR count). The molecule has 2 saturated heterocycles. The minimum Gasteiger partial charge on any atom is -0.508 e. The molecular weight excluding hydrogens is 410 g/mol. The third-order valence-electron chi connectivity index (χ3n) is 6.12. The summed E-state index contributed by atoms with van der Waals surface area (Å²) in [5.41, 5.74) is 2.95. The number of aromatic hydroxyl groups is 1. The minimum atomic E-state index is -0.583. The molecule has 3 atom stereocenters. The van der Waals surface area contributed by atoms with Gasteiger partial charge in [-0.25, -0.2) is 0 Å². The van der Waals surface area contributed by atoms with Crippen LogP contribution in [0.15, 0.2) is 42.5 Å². The van der Waals surface area contributed by atoms with E-state index in [-0.39, 0.29) is 23.6 Å². The van der Waals surface area contributed by atoms with E-state index in [1.807, 2.05) is 18.2 Å². The van der Waals surface area contributed by atoms with Crippen molar-refractivity contribution in [1.29, 1.82) is 0 Å². The van der Waals surface area contributed by atoms with E-state index in [9.17, 15) is 14.7 Å². The highest BCUT2D eigenvalue weighted by Crippen LogP contribution is 2.25. The fourth-order valence-corrected chi connectivity index (χ4v) is 4.48. The van der Waals surface area contributed by atoms with Gasteiger partial charge in [-0.1, -0.05) is 18.2 Å². The molecule has 0 radical (unpaired) electrons. The Balaban J connectivity index is 1.37. The van der Waals surface area contributed by atoms with Crippen LogP contribution in [0.2, 0.25) is 0 Å². The molecule has 8 heteroatoms. The standard InChI is InChI=1S/C24H29N3O5/c1-31-14-17-9-16(5-8-22(17)32-2)12-25-18-11-21-23(29)26-20(24(30)27(21)13-18)10-15-3-6-19(28)7-4-15/h3-9,18,20-21,25,28H,10-14H2,1-2H3,(H,26,29)/t18-,20+,21-/m0/s1. The van der Waals surface area contributed by atoms with Crippen LogP contribution in [-0.2, 0) is 33.9 Å². The summed E-state index contributed by atoms with van der Waals surface area (Å²) in [7, 11) is 3.29. The maximum Gasteiger partial charge on any atom is 0.246 e. The smallest absolute Gasteiger partial charge is 0.246 e. The fraction of sp³-hybridized carbons (Fsp3) is 0.417. The molecule has 2 amide bonds. The van der Waals surface area contributed by atoms with E-state index >= 15 is 0 Å². The van der Waals surface area contributed by atoms with Gasteiger partial charge in [0.15, 0.2) is 0 Å². The Kier molecular flexibility index (Phi) is 6.62. The first-order chi connectivity index (χ1) is 15.5. The van der Waals surface area contributed by atoms with Gasteiger partial charge in [0.1, 0.15) is 23.6 Å². The van der Waals surface area contributed by atoms with Gasteiger partial charge in [0.2, 0.25) is 11.8 Å². The van der Waals surface area contributed by atoms with Crippen molar-refractivity contribution in [1.82, 2.24) is 15.5 Å². The monoisotopic (exact) mass is 439 g/mol. The molecule has 2 aliphatic rings. The van der Waals surface area contributed by atoms with Crippen LogP contribution in [0.1, 0.15) is 23.1 Å². The summed E-state index contributed by atoms with van der Waals surface area (Å²) in [4.78, 5) is 27.4. The number of amides is 2. The first-order valence-electron chi connectivity index (χ1n) is 10.8. The number of hydrogen-bond donors (Lipinski definition) is 3. The zero-order valence-corrected chi connectivity index (χ0v) is 18.3. The minimum absolute atomic E-state index is 0.0371. The number of fused-ring (bicyclic) bond motifs is 1. The molecule has 3 N–H and O–H groups in total. The van der Waals surface area contributed by atoms with Crippen molar-refractivity contribution < 1.29 is 24.2 Å². The maximum atomic E-state index is 13.0. The predicted octanol–water partition coefficient (Wildman–Crippen LogP) is 1.35. The Morgan fingerprint density at radius 1 is 1.12 bits per heavy atom. The van der Waals surface area contributed by atoms with Gasteiger partial charge in [-0.3, -0.25) is 9.59 Å². The Labute approximate surface area is 187 Å². The summed E-state index contributed by atoms with van der Waals surface area (Å²) in [5.74, 6) is 0.798. The van der Waals surface area contributed by atoms with Gasteiger partial charge in [0.25, 0.3) is 0 Å². The lowest BCUT2D eigenvalue weighted by Crippen LogP contribution is -2.61. The van der Waals surface area contributed by atoms with Crippen molar-refractivity contribution in [3.63, 3.8) is 0 Å². The molecule has 0 aromatic heterocycles. The van der Waals surface area contributed by atoms with Crippen LogP contribution < -0.4 is 15.4 Å². The summed E-state index contributed by atoms with van der Waals surface area (Å²) in [6, 6.07) is 11.7. The highest BCUT2D eigenvalue weighted by Gasteiger charge is 2.46. The number of hydrogen-bond acceptors (Lipinski definition) is 6. The zero-order chi connectivity index (χ0) is 22.7. The van der Waals surface area contributed by atoms with Gasteiger partial charge in [0, 0.05) is 38.2 Å². The van der Waals surface area contributed by atoms with E-state index in [1.54, 1.807) is 43.4 Å². The summed E-state index contributed by atoms with van der Waals surface area (Å²) in [6.07, 6.45) is 0.991. The SMILES string of the molecule is COCc1cc(CN[C@H]2C[C@H]3C(=O)N[C@H](Cc4ccc(O)cc4)C(=O)N3C2)ccc1OC. The normalized spacial score (nSPS) is 22.6. The first-order valence-corrected chi connectivity index (χ1v) is 10.8. The van der Waals surface area contributed by atoms with Gasteiger partial charge in [-0.2, -0.15) is 0 Å². The highest BCUT2D eigenvalue weighted by molar-refractivity contribution is 5.97. The average Bonchev–Trinajstić information content (AvgIpc) is 3.23. The van der Waals surface area contributed by atoms with Crippen molar-refractivity contribution in [2.75, 3.05) is 20.8 Å². The van der Waals surface area contributed by atoms with E-state index in [2.05, 4.69) is 10.6 Å². The van der Waals surface area contributed by atoms with Crippen LogP contribution in [0.5, 0.6) is 11.5 Å². The zero-order valence-electron chi connectivity index (χ0n) is 18.3. The third kappa shape index (κ3) is 4.71. The number of nitrogens with zero attached hydrogens (tertiary/aromatic N) is 1. The van der Waals surface area contributed by atoms with Crippen LogP contribution in [0.3, 0.4) is 0 Å². The van der Waals surface area contributed by atoms with Crippen molar-refractivity contribution in [2.45, 2.75) is 44.1 Å². The molecule has 0 bridgehead atoms. The number of benzene rings is 2. The van der Waals surface area contributed by atoms with Crippen LogP contribution in [0, 0.1) is 0 Å². The lowest BCUT2D eigenvalue weighted by atomic mass is 10.0. The number of phenolic OH excluding ortho intramolecular Hbond substituents is 1. The van der Waals surface area contributed by atoms with E-state index in [1.165, 1.54) is 0 Å². The second-order valence-electron chi connectivity index (χ2n) is 8.33. The molecule has 2 heterocycles. The summed E-state index contributed by atoms with van der Waals surface area (Å²) >= 11 is 0. The molecule has 0 spiro atoms. The molecule has 0 aliphatic carbocycles. The quantitative estimate of drug-likeness (QED) is 0.574. The van der Waals surface area contributed by atoms with E-state index in [0.29, 0.717) is 32.5 Å². The van der Waals surface area contributed by atoms with E-state index < -0.39 is 12.1 Å². The average molecular weight is 440 g/mol. The van der Waals surface area contributed by atoms with Crippen molar-refractivity contribution in [3.05, 3.63) is 59.2 Å². The number of carbonyl (C=O) groups excluding carboxylic acids is 2. The summed E-state index contributed by atoms with van der Waals surface area (Å²) in [6.45, 7) is 1.59. The molecule has 0 saturated carbocycles. The summed E-state index contributed by atoms with van der Waals surface area (Å²) in [5, 5.41) is 15.8. The molecular formula is C24H29N3O5. The topological polar surface area (TPSA) is 100 Å². The number of nitrogens with one attached hydrogen (secondary N) is 2. The van der Waals surface area contributed by atoms with Crippen LogP contribution >= 0.6 is 0 Å². The van der Waals surface area contributed by atoms with Gasteiger partial charge in [0.05, 0.1) is 13.7 Å². The Morgan fingerprint density at radius 2 is 1.88 bits per heavy atom. The molecule has 2 aliphatic heterocycles. The van der Waals surface area contributed by atoms with Crippen molar-refractivity contribution >= 4 is 11.8 Å². The molecule has 2 fully saturated rings. The first kappa shape index (κ1) is 22.1. The van der Waals surface area contributed by atoms with Crippen molar-refractivity contribution in [3.8, 4) is 11.5 Å². The fourth-order valence-electron chi connectivity index (χ4n) is 4.48. The molecule has 8 nitrogen and oxygen atoms in total. The molecule has 2 aromatic rings. The second kappa shape index (κ2) is 9.58. The Hall–Kier alpha value is -3.10.